The number of ether oxygens (including phenoxy) is 1. The van der Waals surface area contributed by atoms with Crippen molar-refractivity contribution in [2.45, 2.75) is 6.42 Å². The zero-order valence-electron chi connectivity index (χ0n) is 11.5. The third-order valence-corrected chi connectivity index (χ3v) is 2.71. The van der Waals surface area contributed by atoms with Crippen LogP contribution in [0, 0.1) is 0 Å². The van der Waals surface area contributed by atoms with Gasteiger partial charge in [-0.1, -0.05) is 12.1 Å². The Balaban J connectivity index is 1.84. The van der Waals surface area contributed by atoms with E-state index in [0.717, 1.165) is 5.56 Å². The molecule has 0 saturated heterocycles. The lowest BCUT2D eigenvalue weighted by molar-refractivity contribution is 0.0867. The van der Waals surface area contributed by atoms with Crippen LogP contribution in [-0.4, -0.2) is 58.0 Å². The van der Waals surface area contributed by atoms with E-state index in [4.69, 9.17) is 9.84 Å². The number of aliphatic hydroxyl groups is 1. The molecule has 0 fully saturated rings. The molecule has 1 heterocycles. The highest BCUT2D eigenvalue weighted by Crippen LogP contribution is 2.14. The number of carbonyl (C=O) groups is 1. The number of H-pyrrole nitrogens is 1. The molecule has 0 aliphatic rings. The fourth-order valence-electron chi connectivity index (χ4n) is 1.73. The highest BCUT2D eigenvalue weighted by Gasteiger charge is 2.08. The first kappa shape index (κ1) is 15.1. The SMILES string of the molecule is O=C(NCCCOCCO)c1cccc(-c2nn[nH]n2)c1. The van der Waals surface area contributed by atoms with Gasteiger partial charge in [0.1, 0.15) is 0 Å². The Hall–Kier alpha value is -2.32. The largest absolute Gasteiger partial charge is 0.394 e. The van der Waals surface area contributed by atoms with Crippen molar-refractivity contribution in [2.75, 3.05) is 26.4 Å². The lowest BCUT2D eigenvalue weighted by Gasteiger charge is -2.06. The standard InChI is InChI=1S/C13H17N5O3/c19-6-8-21-7-2-5-14-13(20)11-4-1-3-10(9-11)12-15-17-18-16-12/h1,3-4,9,19H,2,5-8H2,(H,14,20)(H,15,16,17,18). The van der Waals surface area contributed by atoms with Gasteiger partial charge in [-0.25, -0.2) is 0 Å². The number of aliphatic hydroxyl groups excluding tert-OH is 1. The molecule has 1 aromatic carbocycles. The monoisotopic (exact) mass is 291 g/mol. The number of aromatic nitrogens is 4. The zero-order valence-corrected chi connectivity index (χ0v) is 11.5. The molecule has 0 aliphatic carbocycles. The summed E-state index contributed by atoms with van der Waals surface area (Å²) >= 11 is 0. The first-order valence-electron chi connectivity index (χ1n) is 6.62. The average Bonchev–Trinajstić information content (AvgIpc) is 3.05. The molecule has 1 amide bonds. The zero-order chi connectivity index (χ0) is 14.9. The third-order valence-electron chi connectivity index (χ3n) is 2.71. The van der Waals surface area contributed by atoms with E-state index in [1.54, 1.807) is 18.2 Å². The second-order valence-electron chi connectivity index (χ2n) is 4.26. The minimum atomic E-state index is -0.164. The molecule has 112 valence electrons. The number of benzene rings is 1. The lowest BCUT2D eigenvalue weighted by Crippen LogP contribution is -2.25. The summed E-state index contributed by atoms with van der Waals surface area (Å²) in [6, 6.07) is 7.01. The highest BCUT2D eigenvalue weighted by atomic mass is 16.5. The van der Waals surface area contributed by atoms with Gasteiger partial charge in [-0.2, -0.15) is 5.21 Å². The molecule has 0 atom stereocenters. The van der Waals surface area contributed by atoms with E-state index in [0.29, 0.717) is 37.6 Å². The van der Waals surface area contributed by atoms with Gasteiger partial charge in [0.25, 0.3) is 5.91 Å². The topological polar surface area (TPSA) is 113 Å². The lowest BCUT2D eigenvalue weighted by atomic mass is 10.1. The fraction of sp³-hybridized carbons (Fsp3) is 0.385. The Labute approximate surface area is 121 Å². The van der Waals surface area contributed by atoms with Crippen LogP contribution in [0.5, 0.6) is 0 Å². The third kappa shape index (κ3) is 4.62. The van der Waals surface area contributed by atoms with Crippen molar-refractivity contribution in [3.05, 3.63) is 29.8 Å². The maximum Gasteiger partial charge on any atom is 0.251 e. The quantitative estimate of drug-likeness (QED) is 0.590. The molecule has 21 heavy (non-hydrogen) atoms. The summed E-state index contributed by atoms with van der Waals surface area (Å²) < 4.78 is 5.11. The Kier molecular flexibility index (Phi) is 5.80. The molecule has 0 bridgehead atoms. The molecule has 0 unspecified atom stereocenters. The first-order valence-corrected chi connectivity index (χ1v) is 6.62. The number of hydrogen-bond acceptors (Lipinski definition) is 6. The van der Waals surface area contributed by atoms with Crippen molar-refractivity contribution in [3.63, 3.8) is 0 Å². The van der Waals surface area contributed by atoms with Gasteiger partial charge in [-0.05, 0) is 23.8 Å². The average molecular weight is 291 g/mol. The van der Waals surface area contributed by atoms with Gasteiger partial charge in [0.15, 0.2) is 0 Å². The molecular weight excluding hydrogens is 274 g/mol. The van der Waals surface area contributed by atoms with Crippen LogP contribution in [0.25, 0.3) is 11.4 Å². The van der Waals surface area contributed by atoms with Crippen molar-refractivity contribution >= 4 is 5.91 Å². The van der Waals surface area contributed by atoms with Crippen molar-refractivity contribution in [1.82, 2.24) is 25.9 Å². The Morgan fingerprint density at radius 3 is 3.05 bits per heavy atom. The summed E-state index contributed by atoms with van der Waals surface area (Å²) in [5.41, 5.74) is 1.26. The van der Waals surface area contributed by atoms with Crippen LogP contribution in [0.3, 0.4) is 0 Å². The molecular formula is C13H17N5O3. The molecule has 2 aromatic rings. The summed E-state index contributed by atoms with van der Waals surface area (Å²) in [5, 5.41) is 25.0. The Morgan fingerprint density at radius 1 is 1.38 bits per heavy atom. The summed E-state index contributed by atoms with van der Waals surface area (Å²) in [7, 11) is 0. The molecule has 3 N–H and O–H groups in total. The van der Waals surface area contributed by atoms with Crippen LogP contribution >= 0.6 is 0 Å². The normalized spacial score (nSPS) is 10.5. The minimum Gasteiger partial charge on any atom is -0.394 e. The van der Waals surface area contributed by atoms with Crippen molar-refractivity contribution in [3.8, 4) is 11.4 Å². The smallest absolute Gasteiger partial charge is 0.251 e. The van der Waals surface area contributed by atoms with Crippen molar-refractivity contribution < 1.29 is 14.6 Å². The molecule has 1 aromatic heterocycles. The van der Waals surface area contributed by atoms with Crippen molar-refractivity contribution in [1.29, 1.82) is 0 Å². The predicted molar refractivity (Wildman–Crippen MR) is 74.5 cm³/mol. The van der Waals surface area contributed by atoms with Gasteiger partial charge in [-0.3, -0.25) is 4.79 Å². The number of hydrogen-bond donors (Lipinski definition) is 3. The van der Waals surface area contributed by atoms with E-state index < -0.39 is 0 Å². The van der Waals surface area contributed by atoms with E-state index in [1.807, 2.05) is 6.07 Å². The van der Waals surface area contributed by atoms with Gasteiger partial charge in [0, 0.05) is 24.3 Å². The van der Waals surface area contributed by atoms with E-state index in [-0.39, 0.29) is 12.5 Å². The van der Waals surface area contributed by atoms with Crippen LogP contribution < -0.4 is 5.32 Å². The number of rotatable bonds is 8. The van der Waals surface area contributed by atoms with Crippen LogP contribution in [-0.2, 0) is 4.74 Å². The maximum atomic E-state index is 12.0. The number of nitrogens with one attached hydrogen (secondary N) is 2. The van der Waals surface area contributed by atoms with Gasteiger partial charge in [0.05, 0.1) is 13.2 Å². The predicted octanol–water partition coefficient (Wildman–Crippen LogP) is -0.00450. The summed E-state index contributed by atoms with van der Waals surface area (Å²) in [6.45, 7) is 1.34. The Morgan fingerprint density at radius 2 is 2.29 bits per heavy atom. The summed E-state index contributed by atoms with van der Waals surface area (Å²) in [4.78, 5) is 12.0. The van der Waals surface area contributed by atoms with Crippen LogP contribution in [0.15, 0.2) is 24.3 Å². The summed E-state index contributed by atoms with van der Waals surface area (Å²) in [6.07, 6.45) is 0.691. The van der Waals surface area contributed by atoms with Gasteiger partial charge < -0.3 is 15.2 Å². The number of carbonyl (C=O) groups excluding carboxylic acids is 1. The molecule has 0 saturated carbocycles. The minimum absolute atomic E-state index is 0.00916. The van der Waals surface area contributed by atoms with Crippen molar-refractivity contribution in [2.24, 2.45) is 0 Å². The maximum absolute atomic E-state index is 12.0. The van der Waals surface area contributed by atoms with Gasteiger partial charge in [-0.15, -0.1) is 10.2 Å². The van der Waals surface area contributed by atoms with E-state index >= 15 is 0 Å². The molecule has 8 nitrogen and oxygen atoms in total. The number of tetrazole rings is 1. The van der Waals surface area contributed by atoms with E-state index in [2.05, 4.69) is 25.9 Å². The molecule has 0 aliphatic heterocycles. The second kappa shape index (κ2) is 8.08. The fourth-order valence-corrected chi connectivity index (χ4v) is 1.73. The molecule has 0 radical (unpaired) electrons. The molecule has 0 spiro atoms. The van der Waals surface area contributed by atoms with Gasteiger partial charge in [0.2, 0.25) is 5.82 Å². The van der Waals surface area contributed by atoms with Gasteiger partial charge >= 0.3 is 0 Å². The second-order valence-corrected chi connectivity index (χ2v) is 4.26. The molecule has 2 rings (SSSR count). The number of amides is 1. The van der Waals surface area contributed by atoms with Crippen LogP contribution in [0.4, 0.5) is 0 Å². The molecule has 8 heteroatoms. The van der Waals surface area contributed by atoms with Crippen LogP contribution in [0.2, 0.25) is 0 Å². The highest BCUT2D eigenvalue weighted by molar-refractivity contribution is 5.95. The first-order chi connectivity index (χ1) is 10.3. The van der Waals surface area contributed by atoms with Crippen LogP contribution in [0.1, 0.15) is 16.8 Å². The summed E-state index contributed by atoms with van der Waals surface area (Å²) in [5.74, 6) is 0.282. The number of aromatic amines is 1. The number of nitrogens with zero attached hydrogens (tertiary/aromatic N) is 3. The van der Waals surface area contributed by atoms with E-state index in [9.17, 15) is 4.79 Å². The van der Waals surface area contributed by atoms with E-state index in [1.165, 1.54) is 0 Å². The Bertz CT molecular complexity index is 559.